The van der Waals surface area contributed by atoms with Gasteiger partial charge in [-0.3, -0.25) is 0 Å². The van der Waals surface area contributed by atoms with E-state index in [9.17, 15) is 18.3 Å². The molecule has 0 saturated heterocycles. The van der Waals surface area contributed by atoms with Gasteiger partial charge in [0.25, 0.3) is 0 Å². The zero-order chi connectivity index (χ0) is 19.6. The van der Waals surface area contributed by atoms with Gasteiger partial charge in [-0.1, -0.05) is 64.7 Å². The van der Waals surface area contributed by atoms with Crippen molar-refractivity contribution >= 4 is 16.1 Å². The van der Waals surface area contributed by atoms with Crippen LogP contribution in [0.1, 0.15) is 77.6 Å². The van der Waals surface area contributed by atoms with E-state index in [1.165, 1.54) is 53.2 Å². The number of aliphatic carboxylic acids is 1. The summed E-state index contributed by atoms with van der Waals surface area (Å²) in [6, 6.07) is 0. The number of rotatable bonds is 15. The minimum atomic E-state index is -4.66. The molecule has 0 spiro atoms. The van der Waals surface area contributed by atoms with E-state index in [1.807, 2.05) is 0 Å². The van der Waals surface area contributed by atoms with Gasteiger partial charge in [0.05, 0.1) is 21.1 Å². The number of likely N-dealkylation sites (N-methyl/N-ethyl adjacent to an activating group) is 1. The third-order valence-electron chi connectivity index (χ3n) is 4.80. The fourth-order valence-electron chi connectivity index (χ4n) is 3.21. The van der Waals surface area contributed by atoms with E-state index in [0.29, 0.717) is 6.42 Å². The number of nitrogens with zero attached hydrogens (tertiary/aromatic N) is 1. The van der Waals surface area contributed by atoms with Gasteiger partial charge in [-0.05, 0) is 6.42 Å². The first-order valence-corrected chi connectivity index (χ1v) is 10.6. The van der Waals surface area contributed by atoms with Gasteiger partial charge in [-0.15, -0.1) is 4.33 Å². The predicted octanol–water partition coefficient (Wildman–Crippen LogP) is 3.60. The smallest absolute Gasteiger partial charge is 0.384 e. The van der Waals surface area contributed by atoms with Crippen LogP contribution in [0.2, 0.25) is 0 Å². The second-order valence-electron chi connectivity index (χ2n) is 7.56. The van der Waals surface area contributed by atoms with E-state index < -0.39 is 21.0 Å². The van der Waals surface area contributed by atoms with Crippen LogP contribution in [-0.4, -0.2) is 55.2 Å². The van der Waals surface area contributed by atoms with E-state index >= 15 is 0 Å². The summed E-state index contributed by atoms with van der Waals surface area (Å²) in [6.07, 6.45) is 10.5. The molecule has 2 N–H and O–H groups in total. The molecule has 7 nitrogen and oxygen atoms in total. The van der Waals surface area contributed by atoms with E-state index in [1.54, 1.807) is 0 Å². The van der Waals surface area contributed by atoms with Gasteiger partial charge in [0.2, 0.25) is 0 Å². The Kier molecular flexibility index (Phi) is 10.8. The molecule has 0 amide bonds. The monoisotopic (exact) mass is 382 g/mol. The van der Waals surface area contributed by atoms with Crippen molar-refractivity contribution in [1.82, 2.24) is 0 Å². The van der Waals surface area contributed by atoms with Crippen LogP contribution in [0.5, 0.6) is 0 Å². The molecule has 0 aromatic heterocycles. The third-order valence-corrected chi connectivity index (χ3v) is 6.75. The highest BCUT2D eigenvalue weighted by Crippen LogP contribution is 2.33. The molecule has 0 rings (SSSR count). The Bertz CT molecular complexity index is 486. The number of hydrogen-bond donors (Lipinski definition) is 2. The Balaban J connectivity index is 4.51. The Morgan fingerprint density at radius 1 is 0.920 bits per heavy atom. The summed E-state index contributed by atoms with van der Waals surface area (Å²) < 4.78 is 27.5. The molecule has 8 heteroatoms. The third kappa shape index (κ3) is 6.84. The quantitative estimate of drug-likeness (QED) is 0.194. The van der Waals surface area contributed by atoms with Gasteiger partial charge in [0.15, 0.2) is 0 Å². The molecule has 0 bridgehead atoms. The largest absolute Gasteiger partial charge is 0.476 e. The van der Waals surface area contributed by atoms with Gasteiger partial charge >= 0.3 is 21.0 Å². The molecule has 1 unspecified atom stereocenters. The van der Waals surface area contributed by atoms with Crippen LogP contribution in [0.4, 0.5) is 0 Å². The standard InChI is InChI=1S/C17H35NO6S/c1-5-6-7-8-9-10-11-12-13-14-15-17(16(19)20,18(2,3)4)25(22,23)24-21/h5-15H2,1-4H3,(H-,19,20,21)/p+1. The Hall–Kier alpha value is -0.700. The maximum absolute atomic E-state index is 12.1. The van der Waals surface area contributed by atoms with Crippen molar-refractivity contribution in [2.75, 3.05) is 21.1 Å². The second-order valence-corrected chi connectivity index (χ2v) is 9.30. The normalized spacial score (nSPS) is 15.1. The van der Waals surface area contributed by atoms with Crippen molar-refractivity contribution in [3.8, 4) is 0 Å². The van der Waals surface area contributed by atoms with E-state index in [2.05, 4.69) is 11.3 Å². The van der Waals surface area contributed by atoms with Gasteiger partial charge in [0, 0.05) is 6.42 Å². The zero-order valence-corrected chi connectivity index (χ0v) is 17.0. The van der Waals surface area contributed by atoms with E-state index in [-0.39, 0.29) is 10.9 Å². The summed E-state index contributed by atoms with van der Waals surface area (Å²) in [5, 5.41) is 18.3. The summed E-state index contributed by atoms with van der Waals surface area (Å²) in [5.74, 6) is -1.51. The maximum atomic E-state index is 12.1. The van der Waals surface area contributed by atoms with Crippen LogP contribution in [0.15, 0.2) is 0 Å². The molecule has 0 saturated carbocycles. The van der Waals surface area contributed by atoms with Crippen molar-refractivity contribution in [1.29, 1.82) is 0 Å². The molecule has 150 valence electrons. The molecule has 0 aliphatic carbocycles. The van der Waals surface area contributed by atoms with Crippen LogP contribution in [0.3, 0.4) is 0 Å². The number of carbonyl (C=O) groups is 1. The fraction of sp³-hybridized carbons (Fsp3) is 0.941. The highest BCUT2D eigenvalue weighted by molar-refractivity contribution is 7.88. The number of unbranched alkanes of at least 4 members (excludes halogenated alkanes) is 9. The Morgan fingerprint density at radius 2 is 1.32 bits per heavy atom. The number of carboxylic acids is 1. The topological polar surface area (TPSA) is 101 Å². The molecule has 0 radical (unpaired) electrons. The zero-order valence-electron chi connectivity index (χ0n) is 16.2. The first-order valence-electron chi connectivity index (χ1n) is 9.19. The number of quaternary nitrogens is 1. The second kappa shape index (κ2) is 11.1. The Labute approximate surface area is 152 Å². The Morgan fingerprint density at radius 3 is 1.64 bits per heavy atom. The highest BCUT2D eigenvalue weighted by Gasteiger charge is 2.63. The lowest BCUT2D eigenvalue weighted by molar-refractivity contribution is -0.899. The van der Waals surface area contributed by atoms with Crippen molar-refractivity contribution in [3.63, 3.8) is 0 Å². The summed E-state index contributed by atoms with van der Waals surface area (Å²) in [7, 11) is -0.241. The summed E-state index contributed by atoms with van der Waals surface area (Å²) in [6.45, 7) is 2.19. The molecule has 0 aromatic rings. The van der Waals surface area contributed by atoms with Gasteiger partial charge in [0.1, 0.15) is 0 Å². The van der Waals surface area contributed by atoms with Gasteiger partial charge in [-0.2, -0.15) is 8.42 Å². The van der Waals surface area contributed by atoms with Crippen LogP contribution in [0, 0.1) is 0 Å². The first-order chi connectivity index (χ1) is 11.6. The average Bonchev–Trinajstić information content (AvgIpc) is 2.50. The van der Waals surface area contributed by atoms with Crippen LogP contribution < -0.4 is 0 Å². The van der Waals surface area contributed by atoms with Crippen molar-refractivity contribution in [2.24, 2.45) is 0 Å². The van der Waals surface area contributed by atoms with Gasteiger partial charge < -0.3 is 9.59 Å². The molecule has 0 heterocycles. The molecule has 0 fully saturated rings. The molecule has 0 aliphatic rings. The van der Waals surface area contributed by atoms with Crippen molar-refractivity contribution in [3.05, 3.63) is 0 Å². The molecule has 1 atom stereocenters. The summed E-state index contributed by atoms with van der Waals surface area (Å²) in [5.41, 5.74) is 0. The minimum Gasteiger partial charge on any atom is -0.476 e. The van der Waals surface area contributed by atoms with Gasteiger partial charge in [-0.25, -0.2) is 10.1 Å². The highest BCUT2D eigenvalue weighted by atomic mass is 32.2. The van der Waals surface area contributed by atoms with Crippen molar-refractivity contribution in [2.45, 2.75) is 82.4 Å². The lowest BCUT2D eigenvalue weighted by Gasteiger charge is -2.40. The van der Waals surface area contributed by atoms with Crippen LogP contribution in [-0.2, 0) is 19.2 Å². The van der Waals surface area contributed by atoms with Crippen LogP contribution >= 0.6 is 0 Å². The maximum Gasteiger partial charge on any atom is 0.384 e. The lowest BCUT2D eigenvalue weighted by Crippen LogP contribution is -2.66. The molecule has 25 heavy (non-hydrogen) atoms. The van der Waals surface area contributed by atoms with Crippen molar-refractivity contribution < 1.29 is 32.4 Å². The average molecular weight is 383 g/mol. The minimum absolute atomic E-state index is 0.106. The number of carboxylic acid groups (broad SMARTS) is 1. The molecule has 0 aliphatic heterocycles. The SMILES string of the molecule is CCCCCCCCCCCCC(C(=O)O)([N+](C)(C)C)S(=O)(=O)OO. The van der Waals surface area contributed by atoms with E-state index in [4.69, 9.17) is 5.26 Å². The number of hydrogen-bond acceptors (Lipinski definition) is 5. The molecular weight excluding hydrogens is 346 g/mol. The molecular formula is C17H36NO6S+. The fourth-order valence-corrected chi connectivity index (χ4v) is 4.61. The van der Waals surface area contributed by atoms with Crippen LogP contribution in [0.25, 0.3) is 0 Å². The predicted molar refractivity (Wildman–Crippen MR) is 97.5 cm³/mol. The summed E-state index contributed by atoms with van der Waals surface area (Å²) in [4.78, 5) is 9.56. The first kappa shape index (κ1) is 24.3. The lowest BCUT2D eigenvalue weighted by atomic mass is 10.0. The molecule has 0 aromatic carbocycles. The summed E-state index contributed by atoms with van der Waals surface area (Å²) >= 11 is 0. The van der Waals surface area contributed by atoms with E-state index in [0.717, 1.165) is 25.7 Å².